The SMILES string of the molecule is CN(CCC(O)c1ccc(Br)cc1)CC(C)(C)O. The third kappa shape index (κ3) is 5.96. The number of aliphatic hydroxyl groups excluding tert-OH is 1. The van der Waals surface area contributed by atoms with Crippen LogP contribution in [0.5, 0.6) is 0 Å². The van der Waals surface area contributed by atoms with Gasteiger partial charge in [-0.2, -0.15) is 0 Å². The van der Waals surface area contributed by atoms with E-state index in [0.717, 1.165) is 16.6 Å². The number of nitrogens with zero attached hydrogens (tertiary/aromatic N) is 1. The molecule has 1 aromatic carbocycles. The van der Waals surface area contributed by atoms with Crippen molar-refractivity contribution in [1.29, 1.82) is 0 Å². The van der Waals surface area contributed by atoms with Crippen LogP contribution in [0.1, 0.15) is 31.9 Å². The van der Waals surface area contributed by atoms with Crippen molar-refractivity contribution in [2.75, 3.05) is 20.1 Å². The van der Waals surface area contributed by atoms with Gasteiger partial charge < -0.3 is 15.1 Å². The van der Waals surface area contributed by atoms with Gasteiger partial charge in [-0.15, -0.1) is 0 Å². The van der Waals surface area contributed by atoms with Gasteiger partial charge in [-0.3, -0.25) is 0 Å². The number of hydrogen-bond donors (Lipinski definition) is 2. The summed E-state index contributed by atoms with van der Waals surface area (Å²) in [6.45, 7) is 4.92. The second-order valence-electron chi connectivity index (χ2n) is 5.41. The normalized spacial score (nSPS) is 13.9. The molecular weight excluding hydrogens is 294 g/mol. The average molecular weight is 316 g/mol. The number of hydrogen-bond acceptors (Lipinski definition) is 3. The van der Waals surface area contributed by atoms with Gasteiger partial charge in [0.25, 0.3) is 0 Å². The maximum atomic E-state index is 10.1. The van der Waals surface area contributed by atoms with E-state index in [-0.39, 0.29) is 0 Å². The number of rotatable bonds is 6. The fourth-order valence-electron chi connectivity index (χ4n) is 1.93. The van der Waals surface area contributed by atoms with Crippen LogP contribution >= 0.6 is 15.9 Å². The highest BCUT2D eigenvalue weighted by atomic mass is 79.9. The van der Waals surface area contributed by atoms with E-state index in [4.69, 9.17) is 0 Å². The summed E-state index contributed by atoms with van der Waals surface area (Å²) in [5, 5.41) is 19.7. The predicted octanol–water partition coefficient (Wildman–Crippen LogP) is 2.58. The van der Waals surface area contributed by atoms with Gasteiger partial charge in [-0.1, -0.05) is 28.1 Å². The molecule has 0 spiro atoms. The minimum atomic E-state index is -0.697. The van der Waals surface area contributed by atoms with Crippen molar-refractivity contribution in [2.45, 2.75) is 32.0 Å². The molecule has 0 aliphatic heterocycles. The van der Waals surface area contributed by atoms with Gasteiger partial charge in [-0.05, 0) is 45.0 Å². The molecule has 1 rings (SSSR count). The lowest BCUT2D eigenvalue weighted by molar-refractivity contribution is 0.0393. The molecule has 0 aromatic heterocycles. The Kier molecular flexibility index (Phi) is 5.79. The first kappa shape index (κ1) is 15.6. The zero-order valence-electron chi connectivity index (χ0n) is 11.2. The molecule has 0 heterocycles. The Morgan fingerprint density at radius 2 is 1.83 bits per heavy atom. The largest absolute Gasteiger partial charge is 0.389 e. The fraction of sp³-hybridized carbons (Fsp3) is 0.571. The molecule has 1 unspecified atom stereocenters. The fourth-order valence-corrected chi connectivity index (χ4v) is 2.20. The summed E-state index contributed by atoms with van der Waals surface area (Å²) in [6, 6.07) is 7.70. The van der Waals surface area contributed by atoms with Crippen LogP contribution in [0.25, 0.3) is 0 Å². The second-order valence-corrected chi connectivity index (χ2v) is 6.32. The lowest BCUT2D eigenvalue weighted by Crippen LogP contribution is -2.37. The first-order valence-electron chi connectivity index (χ1n) is 6.12. The summed E-state index contributed by atoms with van der Waals surface area (Å²) in [5.41, 5.74) is 0.229. The maximum Gasteiger partial charge on any atom is 0.0802 e. The van der Waals surface area contributed by atoms with Crippen LogP contribution in [0.4, 0.5) is 0 Å². The lowest BCUT2D eigenvalue weighted by Gasteiger charge is -2.26. The van der Waals surface area contributed by atoms with E-state index in [1.165, 1.54) is 0 Å². The molecule has 3 nitrogen and oxygen atoms in total. The van der Waals surface area contributed by atoms with Crippen molar-refractivity contribution >= 4 is 15.9 Å². The smallest absolute Gasteiger partial charge is 0.0802 e. The molecule has 0 saturated heterocycles. The zero-order chi connectivity index (χ0) is 13.8. The lowest BCUT2D eigenvalue weighted by atomic mass is 10.1. The number of benzene rings is 1. The van der Waals surface area contributed by atoms with Gasteiger partial charge in [0.1, 0.15) is 0 Å². The Morgan fingerprint density at radius 3 is 2.33 bits per heavy atom. The van der Waals surface area contributed by atoms with Crippen molar-refractivity contribution in [3.05, 3.63) is 34.3 Å². The first-order valence-corrected chi connectivity index (χ1v) is 6.92. The molecule has 1 aromatic rings. The zero-order valence-corrected chi connectivity index (χ0v) is 12.8. The number of halogens is 1. The molecular formula is C14H22BrNO2. The van der Waals surface area contributed by atoms with Crippen molar-refractivity contribution in [3.8, 4) is 0 Å². The van der Waals surface area contributed by atoms with Crippen LogP contribution in [0.3, 0.4) is 0 Å². The summed E-state index contributed by atoms with van der Waals surface area (Å²) in [7, 11) is 1.95. The topological polar surface area (TPSA) is 43.7 Å². The van der Waals surface area contributed by atoms with E-state index in [1.54, 1.807) is 13.8 Å². The Labute approximate surface area is 118 Å². The molecule has 0 fully saturated rings. The summed E-state index contributed by atoms with van der Waals surface area (Å²) < 4.78 is 1.01. The van der Waals surface area contributed by atoms with E-state index in [1.807, 2.05) is 36.2 Å². The Morgan fingerprint density at radius 1 is 1.28 bits per heavy atom. The molecule has 18 heavy (non-hydrogen) atoms. The van der Waals surface area contributed by atoms with E-state index in [0.29, 0.717) is 13.0 Å². The predicted molar refractivity (Wildman–Crippen MR) is 77.5 cm³/mol. The van der Waals surface area contributed by atoms with Crippen LogP contribution in [0.15, 0.2) is 28.7 Å². The summed E-state index contributed by atoms with van der Waals surface area (Å²) in [5.74, 6) is 0. The minimum absolute atomic E-state index is 0.456. The third-order valence-corrected chi connectivity index (χ3v) is 3.22. The molecule has 0 aliphatic carbocycles. The van der Waals surface area contributed by atoms with Gasteiger partial charge in [0.2, 0.25) is 0 Å². The average Bonchev–Trinajstić information content (AvgIpc) is 2.24. The summed E-state index contributed by atoms with van der Waals surface area (Å²) >= 11 is 3.37. The Balaban J connectivity index is 2.41. The first-order chi connectivity index (χ1) is 8.28. The highest BCUT2D eigenvalue weighted by Crippen LogP contribution is 2.19. The molecule has 0 saturated carbocycles. The van der Waals surface area contributed by atoms with E-state index in [2.05, 4.69) is 15.9 Å². The third-order valence-electron chi connectivity index (χ3n) is 2.70. The van der Waals surface area contributed by atoms with E-state index in [9.17, 15) is 10.2 Å². The van der Waals surface area contributed by atoms with Gasteiger partial charge in [0, 0.05) is 17.6 Å². The van der Waals surface area contributed by atoms with Crippen LogP contribution in [0.2, 0.25) is 0 Å². The molecule has 1 atom stereocenters. The molecule has 0 bridgehead atoms. The van der Waals surface area contributed by atoms with E-state index >= 15 is 0 Å². The van der Waals surface area contributed by atoms with Gasteiger partial charge in [0.05, 0.1) is 11.7 Å². The minimum Gasteiger partial charge on any atom is -0.389 e. The highest BCUT2D eigenvalue weighted by Gasteiger charge is 2.16. The van der Waals surface area contributed by atoms with E-state index < -0.39 is 11.7 Å². The number of likely N-dealkylation sites (N-methyl/N-ethyl adjacent to an activating group) is 1. The Hall–Kier alpha value is -0.420. The van der Waals surface area contributed by atoms with Crippen LogP contribution in [0, 0.1) is 0 Å². The molecule has 0 radical (unpaired) electrons. The Bertz CT molecular complexity index is 359. The maximum absolute atomic E-state index is 10.1. The van der Waals surface area contributed by atoms with Crippen LogP contribution < -0.4 is 0 Å². The monoisotopic (exact) mass is 315 g/mol. The van der Waals surface area contributed by atoms with Crippen LogP contribution in [-0.2, 0) is 0 Å². The van der Waals surface area contributed by atoms with Gasteiger partial charge >= 0.3 is 0 Å². The van der Waals surface area contributed by atoms with Crippen molar-refractivity contribution in [3.63, 3.8) is 0 Å². The molecule has 0 aliphatic rings. The molecule has 0 amide bonds. The summed E-state index contributed by atoms with van der Waals surface area (Å²) in [6.07, 6.45) is 0.205. The van der Waals surface area contributed by atoms with Gasteiger partial charge in [0.15, 0.2) is 0 Å². The molecule has 4 heteroatoms. The summed E-state index contributed by atoms with van der Waals surface area (Å²) in [4.78, 5) is 2.03. The molecule has 102 valence electrons. The van der Waals surface area contributed by atoms with Crippen molar-refractivity contribution in [2.24, 2.45) is 0 Å². The quantitative estimate of drug-likeness (QED) is 0.848. The number of aliphatic hydroxyl groups is 2. The van der Waals surface area contributed by atoms with Crippen molar-refractivity contribution < 1.29 is 10.2 Å². The highest BCUT2D eigenvalue weighted by molar-refractivity contribution is 9.10. The molecule has 2 N–H and O–H groups in total. The van der Waals surface area contributed by atoms with Gasteiger partial charge in [-0.25, -0.2) is 0 Å². The van der Waals surface area contributed by atoms with Crippen LogP contribution in [-0.4, -0.2) is 40.9 Å². The standard InChI is InChI=1S/C14H22BrNO2/c1-14(2,18)10-16(3)9-8-13(17)11-4-6-12(15)7-5-11/h4-7,13,17-18H,8-10H2,1-3H3. The second kappa shape index (κ2) is 6.66. The van der Waals surface area contributed by atoms with Crippen molar-refractivity contribution in [1.82, 2.24) is 4.90 Å².